The Bertz CT molecular complexity index is 111. The summed E-state index contributed by atoms with van der Waals surface area (Å²) in [5.41, 5.74) is 0. The molecule has 0 heterocycles. The molecule has 0 amide bonds. The van der Waals surface area contributed by atoms with Gasteiger partial charge in [-0.25, -0.2) is 0 Å². The molecule has 2 saturated carbocycles. The fourth-order valence-corrected chi connectivity index (χ4v) is 2.04. The molecular formula is C8H14O. The lowest BCUT2D eigenvalue weighted by atomic mass is 10.1. The van der Waals surface area contributed by atoms with Gasteiger partial charge >= 0.3 is 0 Å². The summed E-state index contributed by atoms with van der Waals surface area (Å²) in [6.07, 6.45) is 6.28. The van der Waals surface area contributed by atoms with Gasteiger partial charge < -0.3 is 5.11 Å². The van der Waals surface area contributed by atoms with Gasteiger partial charge in [-0.15, -0.1) is 0 Å². The van der Waals surface area contributed by atoms with Crippen molar-refractivity contribution in [3.63, 3.8) is 0 Å². The van der Waals surface area contributed by atoms with Crippen LogP contribution in [0.15, 0.2) is 0 Å². The zero-order chi connectivity index (χ0) is 6.27. The second kappa shape index (κ2) is 1.98. The van der Waals surface area contributed by atoms with Crippen LogP contribution in [0.5, 0.6) is 0 Å². The third kappa shape index (κ3) is 1.11. The topological polar surface area (TPSA) is 20.2 Å². The van der Waals surface area contributed by atoms with Crippen molar-refractivity contribution in [3.05, 3.63) is 0 Å². The van der Waals surface area contributed by atoms with Crippen LogP contribution in [-0.2, 0) is 0 Å². The molecule has 0 radical (unpaired) electrons. The van der Waals surface area contributed by atoms with Gasteiger partial charge in [0.1, 0.15) is 0 Å². The maximum Gasteiger partial charge on any atom is 0.0543 e. The lowest BCUT2D eigenvalue weighted by molar-refractivity contribution is 0.150. The van der Waals surface area contributed by atoms with Gasteiger partial charge in [0, 0.05) is 0 Å². The van der Waals surface area contributed by atoms with Crippen molar-refractivity contribution >= 4 is 0 Å². The Hall–Kier alpha value is -0.0400. The van der Waals surface area contributed by atoms with Crippen LogP contribution in [0.2, 0.25) is 0 Å². The molecule has 1 nitrogen and oxygen atoms in total. The van der Waals surface area contributed by atoms with Crippen molar-refractivity contribution in [2.75, 3.05) is 0 Å². The fourth-order valence-electron chi connectivity index (χ4n) is 2.04. The lowest BCUT2D eigenvalue weighted by Crippen LogP contribution is -2.04. The Kier molecular flexibility index (Phi) is 1.26. The normalized spacial score (nSPS) is 49.7. The Morgan fingerprint density at radius 3 is 2.78 bits per heavy atom. The van der Waals surface area contributed by atoms with Gasteiger partial charge in [0.05, 0.1) is 6.10 Å². The zero-order valence-corrected chi connectivity index (χ0v) is 5.71. The molecule has 1 N–H and O–H groups in total. The summed E-state index contributed by atoms with van der Waals surface area (Å²) in [5, 5.41) is 9.29. The zero-order valence-electron chi connectivity index (χ0n) is 5.71. The summed E-state index contributed by atoms with van der Waals surface area (Å²) in [5.74, 6) is 1.93. The molecule has 0 bridgehead atoms. The van der Waals surface area contributed by atoms with E-state index in [-0.39, 0.29) is 6.10 Å². The predicted molar refractivity (Wildman–Crippen MR) is 36.1 cm³/mol. The second-order valence-corrected chi connectivity index (χ2v) is 3.58. The summed E-state index contributed by atoms with van der Waals surface area (Å²) < 4.78 is 0. The number of hydrogen-bond acceptors (Lipinski definition) is 1. The third-order valence-electron chi connectivity index (χ3n) is 2.76. The van der Waals surface area contributed by atoms with E-state index < -0.39 is 0 Å². The van der Waals surface area contributed by atoms with Gasteiger partial charge in [0.25, 0.3) is 0 Å². The van der Waals surface area contributed by atoms with E-state index >= 15 is 0 Å². The molecule has 2 fully saturated rings. The van der Waals surface area contributed by atoms with Gasteiger partial charge in [0.15, 0.2) is 0 Å². The number of aliphatic hydroxyl groups is 1. The Morgan fingerprint density at radius 1 is 1.00 bits per heavy atom. The van der Waals surface area contributed by atoms with Crippen molar-refractivity contribution < 1.29 is 5.11 Å². The van der Waals surface area contributed by atoms with Gasteiger partial charge in [-0.1, -0.05) is 12.8 Å². The highest BCUT2D eigenvalue weighted by atomic mass is 16.3. The molecule has 1 heteroatoms. The van der Waals surface area contributed by atoms with Crippen LogP contribution in [-0.4, -0.2) is 11.2 Å². The molecular weight excluding hydrogens is 112 g/mol. The van der Waals surface area contributed by atoms with E-state index in [4.69, 9.17) is 0 Å². The minimum absolute atomic E-state index is 0.0440. The molecule has 0 spiro atoms. The Balaban J connectivity index is 1.92. The molecule has 2 rings (SSSR count). The standard InChI is InChI=1S/C8H14O/c9-8-3-1-2-6-4-7(6)5-8/h6-9H,1-5H2. The summed E-state index contributed by atoms with van der Waals surface area (Å²) in [6.45, 7) is 0. The first-order valence-corrected chi connectivity index (χ1v) is 4.04. The van der Waals surface area contributed by atoms with E-state index in [2.05, 4.69) is 0 Å². The first-order valence-electron chi connectivity index (χ1n) is 4.04. The van der Waals surface area contributed by atoms with Gasteiger partial charge in [0.2, 0.25) is 0 Å². The molecule has 2 aliphatic carbocycles. The largest absolute Gasteiger partial charge is 0.393 e. The third-order valence-corrected chi connectivity index (χ3v) is 2.76. The van der Waals surface area contributed by atoms with Gasteiger partial charge in [-0.3, -0.25) is 0 Å². The smallest absolute Gasteiger partial charge is 0.0543 e. The van der Waals surface area contributed by atoms with E-state index in [9.17, 15) is 5.11 Å². The summed E-state index contributed by atoms with van der Waals surface area (Å²) in [7, 11) is 0. The predicted octanol–water partition coefficient (Wildman–Crippen LogP) is 1.56. The van der Waals surface area contributed by atoms with Crippen molar-refractivity contribution in [2.45, 2.75) is 38.2 Å². The van der Waals surface area contributed by atoms with E-state index in [1.54, 1.807) is 0 Å². The lowest BCUT2D eigenvalue weighted by Gasteiger charge is -2.04. The average molecular weight is 126 g/mol. The number of hydrogen-bond donors (Lipinski definition) is 1. The summed E-state index contributed by atoms with van der Waals surface area (Å²) in [4.78, 5) is 0. The van der Waals surface area contributed by atoms with Crippen LogP contribution < -0.4 is 0 Å². The van der Waals surface area contributed by atoms with E-state index in [1.807, 2.05) is 0 Å². The quantitative estimate of drug-likeness (QED) is 0.522. The van der Waals surface area contributed by atoms with Gasteiger partial charge in [-0.05, 0) is 31.1 Å². The highest BCUT2D eigenvalue weighted by Crippen LogP contribution is 2.47. The first-order chi connectivity index (χ1) is 4.36. The van der Waals surface area contributed by atoms with Crippen LogP contribution in [0.4, 0.5) is 0 Å². The molecule has 0 aromatic carbocycles. The van der Waals surface area contributed by atoms with Gasteiger partial charge in [-0.2, -0.15) is 0 Å². The Labute approximate surface area is 56.1 Å². The van der Waals surface area contributed by atoms with Crippen LogP contribution in [0.3, 0.4) is 0 Å². The second-order valence-electron chi connectivity index (χ2n) is 3.58. The van der Waals surface area contributed by atoms with Crippen LogP contribution >= 0.6 is 0 Å². The number of rotatable bonds is 0. The maximum atomic E-state index is 9.29. The maximum absolute atomic E-state index is 9.29. The van der Waals surface area contributed by atoms with E-state index in [0.717, 1.165) is 24.7 Å². The first kappa shape index (κ1) is 5.72. The van der Waals surface area contributed by atoms with E-state index in [0.29, 0.717) is 0 Å². The highest BCUT2D eigenvalue weighted by molar-refractivity contribution is 4.90. The molecule has 0 aromatic rings. The summed E-state index contributed by atoms with van der Waals surface area (Å²) >= 11 is 0. The molecule has 0 aromatic heterocycles. The summed E-state index contributed by atoms with van der Waals surface area (Å²) in [6, 6.07) is 0. The minimum atomic E-state index is 0.0440. The van der Waals surface area contributed by atoms with Crippen LogP contribution in [0.25, 0.3) is 0 Å². The Morgan fingerprint density at radius 2 is 1.89 bits per heavy atom. The molecule has 3 atom stereocenters. The molecule has 52 valence electrons. The number of aliphatic hydroxyl groups excluding tert-OH is 1. The molecule has 3 unspecified atom stereocenters. The molecule has 0 aliphatic heterocycles. The van der Waals surface area contributed by atoms with Crippen molar-refractivity contribution in [1.82, 2.24) is 0 Å². The van der Waals surface area contributed by atoms with Crippen LogP contribution in [0.1, 0.15) is 32.1 Å². The fraction of sp³-hybridized carbons (Fsp3) is 1.00. The average Bonchev–Trinajstić information content (AvgIpc) is 2.43. The van der Waals surface area contributed by atoms with Crippen molar-refractivity contribution in [2.24, 2.45) is 11.8 Å². The van der Waals surface area contributed by atoms with Crippen molar-refractivity contribution in [1.29, 1.82) is 0 Å². The molecule has 9 heavy (non-hydrogen) atoms. The minimum Gasteiger partial charge on any atom is -0.393 e. The number of fused-ring (bicyclic) bond motifs is 1. The molecule has 0 saturated heterocycles. The molecule has 2 aliphatic rings. The van der Waals surface area contributed by atoms with E-state index in [1.165, 1.54) is 19.3 Å². The highest BCUT2D eigenvalue weighted by Gasteiger charge is 2.39. The van der Waals surface area contributed by atoms with Crippen LogP contribution in [0, 0.1) is 11.8 Å². The SMILES string of the molecule is OC1CCCC2CC2C1. The monoisotopic (exact) mass is 126 g/mol. The van der Waals surface area contributed by atoms with Crippen molar-refractivity contribution in [3.8, 4) is 0 Å².